The number of rotatable bonds is 5. The van der Waals surface area contributed by atoms with E-state index in [2.05, 4.69) is 26.1 Å². The third kappa shape index (κ3) is 4.51. The molecule has 0 radical (unpaired) electrons. The molecule has 0 amide bonds. The molecule has 198 valence electrons. The highest BCUT2D eigenvalue weighted by Crippen LogP contribution is 2.41. The number of anilines is 3. The molecule has 5 rings (SSSR count). The molecule has 4 aromatic rings. The van der Waals surface area contributed by atoms with Crippen LogP contribution < -0.4 is 20.8 Å². The van der Waals surface area contributed by atoms with E-state index in [-0.39, 0.29) is 45.0 Å². The summed E-state index contributed by atoms with van der Waals surface area (Å²) in [5.41, 5.74) is 3.58. The van der Waals surface area contributed by atoms with E-state index in [1.807, 2.05) is 35.5 Å². The van der Waals surface area contributed by atoms with Gasteiger partial charge in [-0.2, -0.15) is 0 Å². The van der Waals surface area contributed by atoms with Crippen molar-refractivity contribution in [3.8, 4) is 11.1 Å². The maximum atomic E-state index is 14.9. The van der Waals surface area contributed by atoms with Crippen molar-refractivity contribution >= 4 is 40.8 Å². The normalized spacial score (nSPS) is 13.7. The lowest BCUT2D eigenvalue weighted by molar-refractivity contribution is 0.553. The van der Waals surface area contributed by atoms with Gasteiger partial charge in [-0.05, 0) is 89.8 Å². The summed E-state index contributed by atoms with van der Waals surface area (Å²) in [6.45, 7) is 11.5. The van der Waals surface area contributed by atoms with E-state index in [0.29, 0.717) is 5.56 Å². The fourth-order valence-corrected chi connectivity index (χ4v) is 4.99. The molecule has 0 bridgehead atoms. The van der Waals surface area contributed by atoms with Crippen LogP contribution in [-0.2, 0) is 0 Å². The maximum absolute atomic E-state index is 14.9. The summed E-state index contributed by atoms with van der Waals surface area (Å²) in [6.07, 6.45) is 1.79. The Hall–Kier alpha value is -3.52. The molecule has 1 fully saturated rings. The number of fused-ring (bicyclic) bond motifs is 1. The first-order valence-electron chi connectivity index (χ1n) is 12.7. The zero-order chi connectivity index (χ0) is 27.5. The largest absolute Gasteiger partial charge is 0.421 e. The molecule has 1 N–H and O–H groups in total. The van der Waals surface area contributed by atoms with Crippen molar-refractivity contribution in [2.45, 2.75) is 66.0 Å². The Kier molecular flexibility index (Phi) is 6.42. The Morgan fingerprint density at radius 1 is 1.08 bits per heavy atom. The van der Waals surface area contributed by atoms with Crippen LogP contribution in [0, 0.1) is 26.6 Å². The summed E-state index contributed by atoms with van der Waals surface area (Å²) in [5, 5.41) is 3.29. The Morgan fingerprint density at radius 2 is 1.79 bits per heavy atom. The number of thiol groups is 1. The molecule has 1 aliphatic carbocycles. The van der Waals surface area contributed by atoms with E-state index < -0.39 is 11.4 Å². The summed E-state index contributed by atoms with van der Waals surface area (Å²) < 4.78 is 24.4. The van der Waals surface area contributed by atoms with Gasteiger partial charge in [-0.15, -0.1) is 0 Å². The summed E-state index contributed by atoms with van der Waals surface area (Å²) in [7, 11) is 0. The van der Waals surface area contributed by atoms with Crippen molar-refractivity contribution < 1.29 is 8.81 Å². The van der Waals surface area contributed by atoms with Crippen molar-refractivity contribution in [3.63, 3.8) is 0 Å². The zero-order valence-corrected chi connectivity index (χ0v) is 23.4. The first-order chi connectivity index (χ1) is 17.9. The van der Waals surface area contributed by atoms with Gasteiger partial charge >= 0.3 is 5.63 Å². The fourth-order valence-electron chi connectivity index (χ4n) is 4.87. The van der Waals surface area contributed by atoms with Crippen LogP contribution in [0.15, 0.2) is 56.5 Å². The summed E-state index contributed by atoms with van der Waals surface area (Å²) in [5.74, 6) is -0.468. The van der Waals surface area contributed by atoms with Gasteiger partial charge in [-0.1, -0.05) is 31.0 Å². The predicted octanol–water partition coefficient (Wildman–Crippen LogP) is 7.21. The minimum Gasteiger partial charge on any atom is -0.421 e. The van der Waals surface area contributed by atoms with Gasteiger partial charge in [0.05, 0.1) is 16.9 Å². The third-order valence-electron chi connectivity index (χ3n) is 7.05. The SMILES string of the molecule is Cc1ccc(Nc2c(C)c(=O)oc3c(-c4cccc(N(S)C(C)(C)C)c4)c(C)n(C4CC4)c(=O)c23)c(F)c1. The number of aryl methyl sites for hydroxylation is 1. The van der Waals surface area contributed by atoms with Crippen LogP contribution in [0.1, 0.15) is 56.5 Å². The number of benzene rings is 2. The van der Waals surface area contributed by atoms with Crippen LogP contribution >= 0.6 is 12.8 Å². The number of nitrogens with one attached hydrogen (secondary N) is 1. The summed E-state index contributed by atoms with van der Waals surface area (Å²) in [4.78, 5) is 27.1. The molecule has 1 aliphatic rings. The number of hydrogen-bond acceptors (Lipinski definition) is 6. The molecule has 6 nitrogen and oxygen atoms in total. The fraction of sp³-hybridized carbons (Fsp3) is 0.333. The van der Waals surface area contributed by atoms with E-state index >= 15 is 0 Å². The molecule has 0 unspecified atom stereocenters. The molecule has 0 spiro atoms. The quantitative estimate of drug-likeness (QED) is 0.265. The van der Waals surface area contributed by atoms with Crippen LogP contribution in [0.4, 0.5) is 21.5 Å². The van der Waals surface area contributed by atoms with E-state index in [0.717, 1.165) is 35.3 Å². The monoisotopic (exact) mass is 533 g/mol. The smallest absolute Gasteiger partial charge is 0.341 e. The minimum atomic E-state index is -0.585. The Morgan fingerprint density at radius 3 is 2.42 bits per heavy atom. The first-order valence-corrected chi connectivity index (χ1v) is 13.1. The van der Waals surface area contributed by atoms with E-state index in [1.165, 1.54) is 6.07 Å². The van der Waals surface area contributed by atoms with Crippen LogP contribution in [0.3, 0.4) is 0 Å². The Labute approximate surface area is 226 Å². The van der Waals surface area contributed by atoms with Gasteiger partial charge in [-0.3, -0.25) is 4.79 Å². The lowest BCUT2D eigenvalue weighted by atomic mass is 9.98. The van der Waals surface area contributed by atoms with Crippen molar-refractivity contribution in [1.82, 2.24) is 4.57 Å². The van der Waals surface area contributed by atoms with Crippen molar-refractivity contribution in [2.75, 3.05) is 9.62 Å². The van der Waals surface area contributed by atoms with Crippen LogP contribution in [0.2, 0.25) is 0 Å². The standard InChI is InChI=1S/C30H32FN3O3S/c1-16-10-13-23(22(31)14-16)32-26-17(2)29(36)37-27-24(18(3)33(20-11-12-20)28(35)25(26)27)19-8-7-9-21(15-19)34(38)30(4,5)6/h7-10,13-15,20,32,38H,11-12H2,1-6H3. The number of hydrogen-bond donors (Lipinski definition) is 2. The second-order valence-electron chi connectivity index (χ2n) is 11.1. The maximum Gasteiger partial charge on any atom is 0.341 e. The van der Waals surface area contributed by atoms with Crippen LogP contribution in [0.5, 0.6) is 0 Å². The molecular weight excluding hydrogens is 501 g/mol. The molecule has 0 atom stereocenters. The number of aromatic nitrogens is 1. The first kappa shape index (κ1) is 26.1. The molecule has 0 aliphatic heterocycles. The van der Waals surface area contributed by atoms with Crippen molar-refractivity contribution in [2.24, 2.45) is 0 Å². The molecule has 38 heavy (non-hydrogen) atoms. The number of pyridine rings is 1. The van der Waals surface area contributed by atoms with Gasteiger partial charge in [0, 0.05) is 28.5 Å². The molecule has 0 saturated heterocycles. The van der Waals surface area contributed by atoms with Gasteiger partial charge in [0.1, 0.15) is 11.2 Å². The Bertz CT molecular complexity index is 1700. The second kappa shape index (κ2) is 9.34. The summed E-state index contributed by atoms with van der Waals surface area (Å²) in [6, 6.07) is 12.7. The lowest BCUT2D eigenvalue weighted by Gasteiger charge is -2.32. The number of nitrogens with zero attached hydrogens (tertiary/aromatic N) is 2. The van der Waals surface area contributed by atoms with Crippen molar-refractivity contribution in [1.29, 1.82) is 0 Å². The van der Waals surface area contributed by atoms with Gasteiger partial charge in [0.15, 0.2) is 5.58 Å². The topological polar surface area (TPSA) is 67.5 Å². The van der Waals surface area contributed by atoms with E-state index in [4.69, 9.17) is 17.2 Å². The minimum absolute atomic E-state index is 0.0704. The van der Waals surface area contributed by atoms with Gasteiger partial charge in [0.2, 0.25) is 0 Å². The average Bonchev–Trinajstić information content (AvgIpc) is 3.68. The van der Waals surface area contributed by atoms with Gasteiger partial charge in [-0.25, -0.2) is 9.18 Å². The third-order valence-corrected chi connectivity index (χ3v) is 7.88. The molecule has 1 saturated carbocycles. The van der Waals surface area contributed by atoms with Crippen LogP contribution in [-0.4, -0.2) is 10.1 Å². The van der Waals surface area contributed by atoms with E-state index in [1.54, 1.807) is 30.5 Å². The molecule has 2 aromatic heterocycles. The molecule has 8 heteroatoms. The lowest BCUT2D eigenvalue weighted by Crippen LogP contribution is -2.33. The Balaban J connectivity index is 1.84. The van der Waals surface area contributed by atoms with Gasteiger partial charge < -0.3 is 18.6 Å². The van der Waals surface area contributed by atoms with E-state index in [9.17, 15) is 14.0 Å². The zero-order valence-electron chi connectivity index (χ0n) is 22.5. The molecule has 2 aromatic carbocycles. The highest BCUT2D eigenvalue weighted by molar-refractivity contribution is 7.81. The van der Waals surface area contributed by atoms with Crippen molar-refractivity contribution in [3.05, 3.63) is 85.9 Å². The summed E-state index contributed by atoms with van der Waals surface area (Å²) >= 11 is 4.72. The molecular formula is C30H32FN3O3S. The second-order valence-corrected chi connectivity index (χ2v) is 11.5. The highest BCUT2D eigenvalue weighted by Gasteiger charge is 2.31. The highest BCUT2D eigenvalue weighted by atomic mass is 32.1. The predicted molar refractivity (Wildman–Crippen MR) is 156 cm³/mol. The van der Waals surface area contributed by atoms with Gasteiger partial charge in [0.25, 0.3) is 5.56 Å². The molecule has 2 heterocycles. The average molecular weight is 534 g/mol. The number of halogens is 1. The van der Waals surface area contributed by atoms with Crippen LogP contribution in [0.25, 0.3) is 22.1 Å².